The molecule has 14 heavy (non-hydrogen) atoms. The molecule has 80 valence electrons. The lowest BCUT2D eigenvalue weighted by atomic mass is 9.94. The molecule has 0 aromatic heterocycles. The largest absolute Gasteiger partial charge is 0.480 e. The number of hydrogen-bond acceptors (Lipinski definition) is 3. The van der Waals surface area contributed by atoms with Crippen molar-refractivity contribution in [2.24, 2.45) is 0 Å². The van der Waals surface area contributed by atoms with Crippen LogP contribution in [-0.2, 0) is 4.79 Å². The van der Waals surface area contributed by atoms with Gasteiger partial charge in [0.05, 0.1) is 0 Å². The van der Waals surface area contributed by atoms with Crippen LogP contribution in [0.5, 0.6) is 0 Å². The smallest absolute Gasteiger partial charge is 0.320 e. The summed E-state index contributed by atoms with van der Waals surface area (Å²) in [5.41, 5.74) is 0. The fourth-order valence-corrected chi connectivity index (χ4v) is 2.44. The lowest BCUT2D eigenvalue weighted by molar-refractivity contribution is -0.150. The van der Waals surface area contributed by atoms with Crippen LogP contribution in [0.1, 0.15) is 19.3 Å². The number of likely N-dealkylation sites (tertiary alicyclic amines) is 2. The summed E-state index contributed by atoms with van der Waals surface area (Å²) in [4.78, 5) is 15.3. The summed E-state index contributed by atoms with van der Waals surface area (Å²) in [6.07, 6.45) is 3.09. The van der Waals surface area contributed by atoms with Crippen molar-refractivity contribution in [1.82, 2.24) is 9.80 Å². The molecule has 2 saturated heterocycles. The van der Waals surface area contributed by atoms with E-state index in [2.05, 4.69) is 16.8 Å². The molecule has 0 radical (unpaired) electrons. The Kier molecular flexibility index (Phi) is 2.74. The highest BCUT2D eigenvalue weighted by Crippen LogP contribution is 2.26. The molecular weight excluding hydrogens is 180 g/mol. The molecule has 0 aromatic rings. The maximum Gasteiger partial charge on any atom is 0.320 e. The van der Waals surface area contributed by atoms with Crippen molar-refractivity contribution in [3.05, 3.63) is 0 Å². The second kappa shape index (κ2) is 3.87. The predicted molar refractivity (Wildman–Crippen MR) is 53.3 cm³/mol. The van der Waals surface area contributed by atoms with Gasteiger partial charge in [-0.15, -0.1) is 0 Å². The van der Waals surface area contributed by atoms with Crippen LogP contribution >= 0.6 is 0 Å². The summed E-state index contributed by atoms with van der Waals surface area (Å²) in [5, 5.41) is 8.93. The average molecular weight is 198 g/mol. The minimum Gasteiger partial charge on any atom is -0.480 e. The van der Waals surface area contributed by atoms with E-state index >= 15 is 0 Å². The Labute approximate surface area is 84.5 Å². The molecular formula is C10H18N2O2. The molecule has 0 spiro atoms. The summed E-state index contributed by atoms with van der Waals surface area (Å²) >= 11 is 0. The number of nitrogens with zero attached hydrogens (tertiary/aromatic N) is 2. The predicted octanol–water partition coefficient (Wildman–Crippen LogP) is 0.239. The van der Waals surface area contributed by atoms with Crippen molar-refractivity contribution in [3.63, 3.8) is 0 Å². The Morgan fingerprint density at radius 1 is 1.21 bits per heavy atom. The van der Waals surface area contributed by atoms with Crippen LogP contribution in [0, 0.1) is 0 Å². The van der Waals surface area contributed by atoms with Crippen LogP contribution < -0.4 is 0 Å². The first kappa shape index (κ1) is 9.93. The van der Waals surface area contributed by atoms with E-state index < -0.39 is 5.97 Å². The number of hydrogen-bond donors (Lipinski definition) is 1. The molecule has 1 atom stereocenters. The molecule has 2 rings (SSSR count). The highest BCUT2D eigenvalue weighted by atomic mass is 16.4. The Bertz CT molecular complexity index is 224. The van der Waals surface area contributed by atoms with Crippen molar-refractivity contribution in [2.45, 2.75) is 31.3 Å². The van der Waals surface area contributed by atoms with Crippen LogP contribution in [0.2, 0.25) is 0 Å². The number of carbonyl (C=O) groups is 1. The van der Waals surface area contributed by atoms with Gasteiger partial charge >= 0.3 is 5.97 Å². The fraction of sp³-hybridized carbons (Fsp3) is 0.900. The minimum atomic E-state index is -0.643. The molecule has 0 amide bonds. The molecule has 4 heteroatoms. The monoisotopic (exact) mass is 198 g/mol. The Morgan fingerprint density at radius 2 is 1.86 bits per heavy atom. The minimum absolute atomic E-state index is 0.191. The van der Waals surface area contributed by atoms with Gasteiger partial charge in [-0.3, -0.25) is 9.69 Å². The molecule has 2 aliphatic heterocycles. The lowest BCUT2D eigenvalue weighted by Gasteiger charge is -2.46. The second-order valence-corrected chi connectivity index (χ2v) is 4.41. The number of carboxylic acid groups (broad SMARTS) is 1. The van der Waals surface area contributed by atoms with Gasteiger partial charge in [-0.25, -0.2) is 0 Å². The number of aliphatic carboxylic acids is 1. The summed E-state index contributed by atoms with van der Waals surface area (Å²) < 4.78 is 0. The molecule has 2 fully saturated rings. The van der Waals surface area contributed by atoms with Crippen molar-refractivity contribution in [3.8, 4) is 0 Å². The zero-order valence-corrected chi connectivity index (χ0v) is 8.65. The number of piperidine rings is 1. The van der Waals surface area contributed by atoms with Gasteiger partial charge in [0.2, 0.25) is 0 Å². The average Bonchev–Trinajstić information content (AvgIpc) is 2.05. The van der Waals surface area contributed by atoms with Crippen LogP contribution in [0.15, 0.2) is 0 Å². The zero-order valence-electron chi connectivity index (χ0n) is 8.65. The molecule has 0 bridgehead atoms. The Hall–Kier alpha value is -0.610. The van der Waals surface area contributed by atoms with Crippen molar-refractivity contribution in [1.29, 1.82) is 0 Å². The number of rotatable bonds is 2. The van der Waals surface area contributed by atoms with E-state index in [4.69, 9.17) is 5.11 Å². The summed E-state index contributed by atoms with van der Waals surface area (Å²) in [6, 6.07) is 0.324. The summed E-state index contributed by atoms with van der Waals surface area (Å²) in [7, 11) is 2.13. The highest BCUT2D eigenvalue weighted by molar-refractivity contribution is 5.74. The first-order valence-corrected chi connectivity index (χ1v) is 5.35. The SMILES string of the molecule is CN1CCC(N2CCC2C(=O)O)CC1. The van der Waals surface area contributed by atoms with Gasteiger partial charge < -0.3 is 10.0 Å². The standard InChI is InChI=1S/C10H18N2O2/c1-11-5-2-8(3-6-11)12-7-4-9(12)10(13)14/h8-9H,2-7H2,1H3,(H,13,14). The van der Waals surface area contributed by atoms with E-state index in [9.17, 15) is 4.79 Å². The normalized spacial score (nSPS) is 31.4. The summed E-state index contributed by atoms with van der Waals surface area (Å²) in [5.74, 6) is -0.643. The van der Waals surface area contributed by atoms with Crippen LogP contribution in [0.3, 0.4) is 0 Å². The quantitative estimate of drug-likeness (QED) is 0.690. The van der Waals surface area contributed by atoms with E-state index in [0.29, 0.717) is 6.04 Å². The first-order valence-electron chi connectivity index (χ1n) is 5.35. The highest BCUT2D eigenvalue weighted by Gasteiger charge is 2.39. The molecule has 1 unspecified atom stereocenters. The van der Waals surface area contributed by atoms with E-state index in [1.54, 1.807) is 0 Å². The molecule has 1 N–H and O–H groups in total. The van der Waals surface area contributed by atoms with Crippen LogP contribution in [-0.4, -0.2) is 59.6 Å². The van der Waals surface area contributed by atoms with Gasteiger partial charge in [0.15, 0.2) is 0 Å². The van der Waals surface area contributed by atoms with Gasteiger partial charge in [-0.2, -0.15) is 0 Å². The number of carboxylic acids is 1. The van der Waals surface area contributed by atoms with Gasteiger partial charge in [0.1, 0.15) is 6.04 Å². The second-order valence-electron chi connectivity index (χ2n) is 4.41. The third-order valence-electron chi connectivity index (χ3n) is 3.50. The van der Waals surface area contributed by atoms with Gasteiger partial charge in [-0.1, -0.05) is 0 Å². The van der Waals surface area contributed by atoms with Gasteiger partial charge in [0, 0.05) is 12.6 Å². The van der Waals surface area contributed by atoms with E-state index in [1.165, 1.54) is 0 Å². The molecule has 2 heterocycles. The fourth-order valence-electron chi connectivity index (χ4n) is 2.44. The van der Waals surface area contributed by atoms with Gasteiger partial charge in [-0.05, 0) is 39.4 Å². The lowest BCUT2D eigenvalue weighted by Crippen LogP contribution is -2.58. The van der Waals surface area contributed by atoms with E-state index in [1.807, 2.05) is 0 Å². The Balaban J connectivity index is 1.87. The Morgan fingerprint density at radius 3 is 2.29 bits per heavy atom. The van der Waals surface area contributed by atoms with Crippen molar-refractivity contribution >= 4 is 5.97 Å². The third kappa shape index (κ3) is 1.77. The maximum absolute atomic E-state index is 10.8. The summed E-state index contributed by atoms with van der Waals surface area (Å²) in [6.45, 7) is 3.19. The molecule has 0 aromatic carbocycles. The third-order valence-corrected chi connectivity index (χ3v) is 3.50. The molecule has 4 nitrogen and oxygen atoms in total. The first-order chi connectivity index (χ1) is 6.68. The topological polar surface area (TPSA) is 43.8 Å². The van der Waals surface area contributed by atoms with E-state index in [0.717, 1.165) is 38.9 Å². The van der Waals surface area contributed by atoms with Crippen LogP contribution in [0.4, 0.5) is 0 Å². The zero-order chi connectivity index (χ0) is 10.1. The van der Waals surface area contributed by atoms with Crippen molar-refractivity contribution in [2.75, 3.05) is 26.7 Å². The van der Waals surface area contributed by atoms with Crippen LogP contribution in [0.25, 0.3) is 0 Å². The molecule has 0 saturated carbocycles. The molecule has 2 aliphatic rings. The van der Waals surface area contributed by atoms with E-state index in [-0.39, 0.29) is 6.04 Å². The van der Waals surface area contributed by atoms with Crippen molar-refractivity contribution < 1.29 is 9.90 Å². The maximum atomic E-state index is 10.8. The van der Waals surface area contributed by atoms with Gasteiger partial charge in [0.25, 0.3) is 0 Å². The molecule has 0 aliphatic carbocycles.